The van der Waals surface area contributed by atoms with Gasteiger partial charge >= 0.3 is 0 Å². The molecule has 4 heteroatoms. The van der Waals surface area contributed by atoms with E-state index in [0.717, 1.165) is 21.9 Å². The van der Waals surface area contributed by atoms with Gasteiger partial charge in [0.15, 0.2) is 0 Å². The van der Waals surface area contributed by atoms with Gasteiger partial charge in [-0.2, -0.15) is 0 Å². The van der Waals surface area contributed by atoms with Crippen molar-refractivity contribution in [1.29, 1.82) is 0 Å². The molecule has 3 aromatic carbocycles. The highest BCUT2D eigenvalue weighted by atomic mass is 35.5. The van der Waals surface area contributed by atoms with Crippen molar-refractivity contribution in [3.05, 3.63) is 105 Å². The number of benzene rings is 3. The molecule has 0 spiro atoms. The summed E-state index contributed by atoms with van der Waals surface area (Å²) in [4.78, 5) is 5.75. The Morgan fingerprint density at radius 2 is 1.73 bits per heavy atom. The third-order valence-corrected chi connectivity index (χ3v) is 5.18. The zero-order chi connectivity index (χ0) is 18.4. The number of hydrogen-bond acceptors (Lipinski definition) is 2. The van der Waals surface area contributed by atoms with Crippen molar-refractivity contribution in [3.8, 4) is 0 Å². The molecule has 0 amide bonds. The molecule has 0 atom stereocenters. The zero-order valence-corrected chi connectivity index (χ0v) is 16.5. The number of para-hydroxylation sites is 1. The number of thioether (sulfide) groups is 1. The van der Waals surface area contributed by atoms with E-state index in [1.165, 1.54) is 5.56 Å². The Hall–Kier alpha value is -2.00. The molecule has 0 aliphatic rings. The van der Waals surface area contributed by atoms with Crippen molar-refractivity contribution in [2.45, 2.75) is 11.8 Å². The largest absolute Gasteiger partial charge is 0.248 e. The SMILES string of the molecule is Cc1cccc(C(C=CSc2ccc(Cl)cc2Cl)=Nc2ccccc2)c1. The van der Waals surface area contributed by atoms with Gasteiger partial charge in [-0.25, -0.2) is 4.99 Å². The summed E-state index contributed by atoms with van der Waals surface area (Å²) in [6.45, 7) is 2.08. The first kappa shape index (κ1) is 18.8. The molecule has 0 fully saturated rings. The minimum atomic E-state index is 0.634. The van der Waals surface area contributed by atoms with Crippen molar-refractivity contribution in [2.24, 2.45) is 4.99 Å². The number of aryl methyl sites for hydroxylation is 1. The van der Waals surface area contributed by atoms with E-state index in [1.54, 1.807) is 17.8 Å². The Kier molecular flexibility index (Phi) is 6.56. The van der Waals surface area contributed by atoms with E-state index in [1.807, 2.05) is 60.0 Å². The predicted molar refractivity (Wildman–Crippen MR) is 115 cm³/mol. The van der Waals surface area contributed by atoms with E-state index in [9.17, 15) is 0 Å². The first-order chi connectivity index (χ1) is 12.6. The average molecular weight is 398 g/mol. The lowest BCUT2D eigenvalue weighted by Gasteiger charge is -2.05. The number of nitrogens with zero attached hydrogens (tertiary/aromatic N) is 1. The van der Waals surface area contributed by atoms with E-state index < -0.39 is 0 Å². The molecule has 0 aliphatic carbocycles. The predicted octanol–water partition coefficient (Wildman–Crippen LogP) is 7.73. The highest BCUT2D eigenvalue weighted by Gasteiger charge is 2.03. The van der Waals surface area contributed by atoms with Crippen molar-refractivity contribution in [2.75, 3.05) is 0 Å². The molecular weight excluding hydrogens is 381 g/mol. The topological polar surface area (TPSA) is 12.4 Å². The molecule has 0 bridgehead atoms. The van der Waals surface area contributed by atoms with Gasteiger partial charge in [0.05, 0.1) is 16.4 Å². The molecule has 0 saturated heterocycles. The molecular formula is C22H17Cl2NS. The Bertz CT molecular complexity index is 949. The molecule has 3 aromatic rings. The minimum Gasteiger partial charge on any atom is -0.248 e. The maximum Gasteiger partial charge on any atom is 0.0714 e. The number of aliphatic imine (C=N–C) groups is 1. The van der Waals surface area contributed by atoms with Gasteiger partial charge in [0.2, 0.25) is 0 Å². The Morgan fingerprint density at radius 3 is 2.46 bits per heavy atom. The third-order valence-electron chi connectivity index (χ3n) is 3.63. The van der Waals surface area contributed by atoms with Crippen molar-refractivity contribution in [3.63, 3.8) is 0 Å². The summed E-state index contributed by atoms with van der Waals surface area (Å²) in [5.41, 5.74) is 4.10. The van der Waals surface area contributed by atoms with Gasteiger partial charge in [-0.05, 0) is 54.8 Å². The fourth-order valence-electron chi connectivity index (χ4n) is 2.39. The summed E-state index contributed by atoms with van der Waals surface area (Å²) in [6, 6.07) is 23.8. The van der Waals surface area contributed by atoms with Crippen LogP contribution in [0.4, 0.5) is 5.69 Å². The lowest BCUT2D eigenvalue weighted by molar-refractivity contribution is 1.44. The van der Waals surface area contributed by atoms with Crippen LogP contribution in [0.3, 0.4) is 0 Å². The van der Waals surface area contributed by atoms with Gasteiger partial charge in [-0.15, -0.1) is 0 Å². The van der Waals surface area contributed by atoms with E-state index in [2.05, 4.69) is 25.1 Å². The molecule has 3 rings (SSSR count). The molecule has 0 unspecified atom stereocenters. The highest BCUT2D eigenvalue weighted by Crippen LogP contribution is 2.30. The van der Waals surface area contributed by atoms with Crippen molar-refractivity contribution >= 4 is 46.4 Å². The van der Waals surface area contributed by atoms with Gasteiger partial charge in [0.25, 0.3) is 0 Å². The maximum absolute atomic E-state index is 6.24. The second-order valence-corrected chi connectivity index (χ2v) is 7.49. The quantitative estimate of drug-likeness (QED) is 0.316. The molecule has 130 valence electrons. The Labute approximate surface area is 168 Å². The van der Waals surface area contributed by atoms with Crippen LogP contribution in [0.5, 0.6) is 0 Å². The van der Waals surface area contributed by atoms with Crippen LogP contribution in [0.15, 0.2) is 94.2 Å². The van der Waals surface area contributed by atoms with E-state index in [-0.39, 0.29) is 0 Å². The lowest BCUT2D eigenvalue weighted by Crippen LogP contribution is -1.96. The van der Waals surface area contributed by atoms with Crippen molar-refractivity contribution < 1.29 is 0 Å². The van der Waals surface area contributed by atoms with E-state index in [4.69, 9.17) is 28.2 Å². The second kappa shape index (κ2) is 9.09. The zero-order valence-electron chi connectivity index (χ0n) is 14.2. The first-order valence-electron chi connectivity index (χ1n) is 8.11. The number of hydrogen-bond donors (Lipinski definition) is 0. The highest BCUT2D eigenvalue weighted by molar-refractivity contribution is 8.02. The molecule has 0 aromatic heterocycles. The second-order valence-electron chi connectivity index (χ2n) is 5.70. The Morgan fingerprint density at radius 1 is 0.923 bits per heavy atom. The number of rotatable bonds is 5. The van der Waals surface area contributed by atoms with Gasteiger partial charge in [0.1, 0.15) is 0 Å². The normalized spacial score (nSPS) is 11.9. The molecule has 0 saturated carbocycles. The number of allylic oxidation sites excluding steroid dienone is 1. The lowest BCUT2D eigenvalue weighted by atomic mass is 10.1. The third kappa shape index (κ3) is 5.25. The summed E-state index contributed by atoms with van der Waals surface area (Å²) in [6.07, 6.45) is 2.01. The van der Waals surface area contributed by atoms with Gasteiger partial charge < -0.3 is 0 Å². The fourth-order valence-corrected chi connectivity index (χ4v) is 3.59. The molecule has 0 heterocycles. The number of halogens is 2. The van der Waals surface area contributed by atoms with Crippen LogP contribution in [-0.4, -0.2) is 5.71 Å². The van der Waals surface area contributed by atoms with Crippen LogP contribution in [-0.2, 0) is 0 Å². The summed E-state index contributed by atoms with van der Waals surface area (Å²) < 4.78 is 0. The average Bonchev–Trinajstić information content (AvgIpc) is 2.63. The van der Waals surface area contributed by atoms with Crippen LogP contribution in [0, 0.1) is 6.92 Å². The van der Waals surface area contributed by atoms with E-state index in [0.29, 0.717) is 10.0 Å². The van der Waals surface area contributed by atoms with Crippen LogP contribution in [0.2, 0.25) is 10.0 Å². The van der Waals surface area contributed by atoms with Gasteiger partial charge in [0, 0.05) is 15.5 Å². The maximum atomic E-state index is 6.24. The molecule has 0 aliphatic heterocycles. The molecule has 1 nitrogen and oxygen atoms in total. The summed E-state index contributed by atoms with van der Waals surface area (Å²) in [5, 5.41) is 3.28. The summed E-state index contributed by atoms with van der Waals surface area (Å²) >= 11 is 13.7. The molecule has 26 heavy (non-hydrogen) atoms. The van der Waals surface area contributed by atoms with Crippen LogP contribution >= 0.6 is 35.0 Å². The first-order valence-corrected chi connectivity index (χ1v) is 9.74. The van der Waals surface area contributed by atoms with E-state index >= 15 is 0 Å². The molecule has 0 N–H and O–H groups in total. The smallest absolute Gasteiger partial charge is 0.0714 e. The summed E-state index contributed by atoms with van der Waals surface area (Å²) in [5.74, 6) is 0. The van der Waals surface area contributed by atoms with Crippen molar-refractivity contribution in [1.82, 2.24) is 0 Å². The molecule has 0 radical (unpaired) electrons. The standard InChI is InChI=1S/C22H17Cl2NS/c1-16-6-5-7-17(14-16)21(25-19-8-3-2-4-9-19)12-13-26-22-11-10-18(23)15-20(22)24/h2-15H,1H3. The minimum absolute atomic E-state index is 0.634. The van der Waals surface area contributed by atoms with Gasteiger partial charge in [-0.1, -0.05) is 76.9 Å². The van der Waals surface area contributed by atoms with Gasteiger partial charge in [-0.3, -0.25) is 0 Å². The van der Waals surface area contributed by atoms with Crippen LogP contribution in [0.25, 0.3) is 0 Å². The van der Waals surface area contributed by atoms with Crippen LogP contribution in [0.1, 0.15) is 11.1 Å². The Balaban J connectivity index is 1.89. The monoisotopic (exact) mass is 397 g/mol. The fraction of sp³-hybridized carbons (Fsp3) is 0.0455. The summed E-state index contributed by atoms with van der Waals surface area (Å²) in [7, 11) is 0. The van der Waals surface area contributed by atoms with Crippen LogP contribution < -0.4 is 0 Å².